The van der Waals surface area contributed by atoms with Gasteiger partial charge in [0.25, 0.3) is 0 Å². The van der Waals surface area contributed by atoms with Crippen molar-refractivity contribution in [2.75, 3.05) is 5.32 Å². The summed E-state index contributed by atoms with van der Waals surface area (Å²) in [5, 5.41) is 13.6. The van der Waals surface area contributed by atoms with Gasteiger partial charge in [0.05, 0.1) is 6.07 Å². The van der Waals surface area contributed by atoms with Crippen LogP contribution in [0.1, 0.15) is 4.88 Å². The molecule has 0 aliphatic carbocycles. The summed E-state index contributed by atoms with van der Waals surface area (Å²) in [7, 11) is 0. The molecule has 0 aliphatic rings. The minimum Gasteiger partial charge on any atom is -0.325 e. The van der Waals surface area contributed by atoms with E-state index in [2.05, 4.69) is 5.32 Å². The fourth-order valence-corrected chi connectivity index (χ4v) is 2.34. The summed E-state index contributed by atoms with van der Waals surface area (Å²) in [6.07, 6.45) is 0.390. The molecule has 1 atom stereocenters. The Morgan fingerprint density at radius 3 is 2.68 bits per heavy atom. The second-order valence-corrected chi connectivity index (χ2v) is 4.99. The lowest BCUT2D eigenvalue weighted by Gasteiger charge is -2.09. The van der Waals surface area contributed by atoms with Crippen LogP contribution in [-0.4, -0.2) is 5.91 Å². The van der Waals surface area contributed by atoms with Crippen molar-refractivity contribution in [2.45, 2.75) is 6.42 Å². The molecule has 96 valence electrons. The maximum Gasteiger partial charge on any atom is 0.242 e. The van der Waals surface area contributed by atoms with E-state index in [0.29, 0.717) is 12.1 Å². The smallest absolute Gasteiger partial charge is 0.242 e. The highest BCUT2D eigenvalue weighted by Gasteiger charge is 2.19. The molecule has 19 heavy (non-hydrogen) atoms. The molecule has 0 fully saturated rings. The van der Waals surface area contributed by atoms with E-state index in [4.69, 9.17) is 5.26 Å². The minimum absolute atomic E-state index is 0.367. The Balaban J connectivity index is 2.01. The number of thiophene rings is 1. The molecular formula is C14H11FN2OS. The molecule has 0 aliphatic heterocycles. The summed E-state index contributed by atoms with van der Waals surface area (Å²) in [6, 6.07) is 11.2. The van der Waals surface area contributed by atoms with Gasteiger partial charge in [-0.05, 0) is 35.7 Å². The number of nitriles is 1. The van der Waals surface area contributed by atoms with Gasteiger partial charge in [0.15, 0.2) is 0 Å². The zero-order chi connectivity index (χ0) is 13.7. The van der Waals surface area contributed by atoms with E-state index in [1.807, 2.05) is 23.6 Å². The zero-order valence-corrected chi connectivity index (χ0v) is 10.8. The molecule has 0 spiro atoms. The standard InChI is InChI=1S/C14H11FN2OS/c15-11-3-5-12(6-4-11)17-14(18)10(9-16)8-13-2-1-7-19-13/h1-7,10H,8H2,(H,17,18). The normalized spacial score (nSPS) is 11.6. The van der Waals surface area contributed by atoms with Crippen LogP contribution in [0.4, 0.5) is 10.1 Å². The van der Waals surface area contributed by atoms with E-state index >= 15 is 0 Å². The Morgan fingerprint density at radius 1 is 1.37 bits per heavy atom. The summed E-state index contributed by atoms with van der Waals surface area (Å²) < 4.78 is 12.7. The number of carbonyl (C=O) groups excluding carboxylic acids is 1. The van der Waals surface area contributed by atoms with Crippen molar-refractivity contribution < 1.29 is 9.18 Å². The quantitative estimate of drug-likeness (QED) is 0.930. The van der Waals surface area contributed by atoms with Crippen molar-refractivity contribution in [1.82, 2.24) is 0 Å². The van der Waals surface area contributed by atoms with E-state index in [9.17, 15) is 9.18 Å². The van der Waals surface area contributed by atoms with Gasteiger partial charge in [-0.3, -0.25) is 4.79 Å². The lowest BCUT2D eigenvalue weighted by Crippen LogP contribution is -2.23. The van der Waals surface area contributed by atoms with Crippen molar-refractivity contribution in [3.8, 4) is 6.07 Å². The molecule has 2 aromatic rings. The lowest BCUT2D eigenvalue weighted by molar-refractivity contribution is -0.118. The van der Waals surface area contributed by atoms with E-state index in [-0.39, 0.29) is 11.7 Å². The van der Waals surface area contributed by atoms with Crippen molar-refractivity contribution >= 4 is 22.9 Å². The van der Waals surface area contributed by atoms with E-state index < -0.39 is 5.92 Å². The van der Waals surface area contributed by atoms with Crippen LogP contribution in [0.15, 0.2) is 41.8 Å². The predicted octanol–water partition coefficient (Wildman–Crippen LogP) is 3.21. The number of hydrogen-bond donors (Lipinski definition) is 1. The second-order valence-electron chi connectivity index (χ2n) is 3.96. The molecule has 0 saturated heterocycles. The monoisotopic (exact) mass is 274 g/mol. The number of hydrogen-bond acceptors (Lipinski definition) is 3. The van der Waals surface area contributed by atoms with Crippen LogP contribution >= 0.6 is 11.3 Å². The van der Waals surface area contributed by atoms with Gasteiger partial charge >= 0.3 is 0 Å². The maximum atomic E-state index is 12.7. The molecule has 0 radical (unpaired) electrons. The summed E-state index contributed by atoms with van der Waals surface area (Å²) in [6.45, 7) is 0. The van der Waals surface area contributed by atoms with E-state index in [0.717, 1.165) is 4.88 Å². The largest absolute Gasteiger partial charge is 0.325 e. The van der Waals surface area contributed by atoms with Crippen LogP contribution in [0.2, 0.25) is 0 Å². The van der Waals surface area contributed by atoms with Crippen molar-refractivity contribution in [3.05, 3.63) is 52.5 Å². The van der Waals surface area contributed by atoms with Gasteiger partial charge in [0, 0.05) is 17.0 Å². The first-order valence-corrected chi connectivity index (χ1v) is 6.55. The summed E-state index contributed by atoms with van der Waals surface area (Å²) >= 11 is 1.51. The second kappa shape index (κ2) is 6.12. The molecule has 1 unspecified atom stereocenters. The molecule has 0 bridgehead atoms. The van der Waals surface area contributed by atoms with Crippen molar-refractivity contribution in [3.63, 3.8) is 0 Å². The number of anilines is 1. The molecule has 1 N–H and O–H groups in total. The molecular weight excluding hydrogens is 263 g/mol. The highest BCUT2D eigenvalue weighted by molar-refractivity contribution is 7.09. The SMILES string of the molecule is N#CC(Cc1cccs1)C(=O)Nc1ccc(F)cc1. The summed E-state index contributed by atoms with van der Waals surface area (Å²) in [5.74, 6) is -1.49. The molecule has 3 nitrogen and oxygen atoms in total. The van der Waals surface area contributed by atoms with Gasteiger partial charge in [-0.15, -0.1) is 11.3 Å². The third-order valence-electron chi connectivity index (χ3n) is 2.57. The number of benzene rings is 1. The molecule has 5 heteroatoms. The number of nitrogens with one attached hydrogen (secondary N) is 1. The summed E-state index contributed by atoms with van der Waals surface area (Å²) in [5.41, 5.74) is 0.484. The van der Waals surface area contributed by atoms with Gasteiger partial charge in [0.1, 0.15) is 11.7 Å². The Bertz CT molecular complexity index is 587. The maximum absolute atomic E-state index is 12.7. The Kier molecular flexibility index (Phi) is 4.26. The topological polar surface area (TPSA) is 52.9 Å². The number of carbonyl (C=O) groups is 1. The molecule has 0 saturated carbocycles. The fraction of sp³-hybridized carbons (Fsp3) is 0.143. The lowest BCUT2D eigenvalue weighted by atomic mass is 10.1. The van der Waals surface area contributed by atoms with Crippen molar-refractivity contribution in [2.24, 2.45) is 5.92 Å². The first-order chi connectivity index (χ1) is 9.19. The van der Waals surface area contributed by atoms with Gasteiger partial charge in [-0.1, -0.05) is 6.07 Å². The Hall–Kier alpha value is -2.19. The third-order valence-corrected chi connectivity index (χ3v) is 3.47. The average Bonchev–Trinajstić information content (AvgIpc) is 2.91. The average molecular weight is 274 g/mol. The van der Waals surface area contributed by atoms with Crippen LogP contribution in [0, 0.1) is 23.1 Å². The van der Waals surface area contributed by atoms with Crippen LogP contribution in [0.25, 0.3) is 0 Å². The van der Waals surface area contributed by atoms with Gasteiger partial charge in [0.2, 0.25) is 5.91 Å². The van der Waals surface area contributed by atoms with Crippen LogP contribution in [0.5, 0.6) is 0 Å². The van der Waals surface area contributed by atoms with Crippen LogP contribution in [0.3, 0.4) is 0 Å². The Labute approximate surface area is 114 Å². The number of rotatable bonds is 4. The molecule has 1 aromatic carbocycles. The predicted molar refractivity (Wildman–Crippen MR) is 72.2 cm³/mol. The van der Waals surface area contributed by atoms with Gasteiger partial charge < -0.3 is 5.32 Å². The molecule has 2 rings (SSSR count). The highest BCUT2D eigenvalue weighted by atomic mass is 32.1. The fourth-order valence-electron chi connectivity index (χ4n) is 1.59. The van der Waals surface area contributed by atoms with E-state index in [1.54, 1.807) is 0 Å². The molecule has 1 amide bonds. The van der Waals surface area contributed by atoms with Crippen molar-refractivity contribution in [1.29, 1.82) is 5.26 Å². The first kappa shape index (κ1) is 13.2. The van der Waals surface area contributed by atoms with E-state index in [1.165, 1.54) is 35.6 Å². The molecule has 1 aromatic heterocycles. The van der Waals surface area contributed by atoms with Gasteiger partial charge in [-0.25, -0.2) is 4.39 Å². The van der Waals surface area contributed by atoms with Crippen LogP contribution in [-0.2, 0) is 11.2 Å². The molecule has 1 heterocycles. The van der Waals surface area contributed by atoms with Gasteiger partial charge in [-0.2, -0.15) is 5.26 Å². The highest BCUT2D eigenvalue weighted by Crippen LogP contribution is 2.16. The van der Waals surface area contributed by atoms with Crippen LogP contribution < -0.4 is 5.32 Å². The Morgan fingerprint density at radius 2 is 2.11 bits per heavy atom. The first-order valence-electron chi connectivity index (χ1n) is 5.67. The minimum atomic E-state index is -0.747. The summed E-state index contributed by atoms with van der Waals surface area (Å²) in [4.78, 5) is 12.9. The number of halogens is 1. The number of amides is 1. The number of nitrogens with zero attached hydrogens (tertiary/aromatic N) is 1. The zero-order valence-electron chi connectivity index (χ0n) is 9.97. The third kappa shape index (κ3) is 3.63.